The molecule has 1 rings (SSSR count). The standard InChI is InChI=1S/C14H25N3OS/c1-5-8-19-10-14-16-11(2)13(12(3)17-14)9-15-6-7-18-4/h15H,5-10H2,1-4H3. The van der Waals surface area contributed by atoms with Crippen molar-refractivity contribution in [2.24, 2.45) is 0 Å². The second-order valence-corrected chi connectivity index (χ2v) is 5.62. The van der Waals surface area contributed by atoms with E-state index in [-0.39, 0.29) is 0 Å². The molecular formula is C14H25N3OS. The van der Waals surface area contributed by atoms with Crippen molar-refractivity contribution in [1.82, 2.24) is 15.3 Å². The van der Waals surface area contributed by atoms with Crippen molar-refractivity contribution in [3.05, 3.63) is 22.8 Å². The summed E-state index contributed by atoms with van der Waals surface area (Å²) in [6.45, 7) is 8.71. The lowest BCUT2D eigenvalue weighted by atomic mass is 10.1. The van der Waals surface area contributed by atoms with E-state index in [2.05, 4.69) is 36.1 Å². The molecule has 1 aromatic heterocycles. The fourth-order valence-corrected chi connectivity index (χ4v) is 2.57. The fraction of sp³-hybridized carbons (Fsp3) is 0.714. The number of thioether (sulfide) groups is 1. The first kappa shape index (κ1) is 16.4. The van der Waals surface area contributed by atoms with Crippen LogP contribution in [-0.2, 0) is 17.0 Å². The lowest BCUT2D eigenvalue weighted by Gasteiger charge is -2.11. The lowest BCUT2D eigenvalue weighted by Crippen LogP contribution is -2.20. The van der Waals surface area contributed by atoms with E-state index in [1.807, 2.05) is 11.8 Å². The van der Waals surface area contributed by atoms with E-state index in [0.29, 0.717) is 0 Å². The van der Waals surface area contributed by atoms with Crippen molar-refractivity contribution >= 4 is 11.8 Å². The molecule has 0 amide bonds. The van der Waals surface area contributed by atoms with Crippen LogP contribution in [0.15, 0.2) is 0 Å². The molecule has 0 unspecified atom stereocenters. The van der Waals surface area contributed by atoms with Gasteiger partial charge in [0.15, 0.2) is 0 Å². The summed E-state index contributed by atoms with van der Waals surface area (Å²) in [6, 6.07) is 0. The molecule has 0 fully saturated rings. The molecule has 0 aliphatic rings. The summed E-state index contributed by atoms with van der Waals surface area (Å²) >= 11 is 1.90. The van der Waals surface area contributed by atoms with Gasteiger partial charge in [-0.05, 0) is 26.0 Å². The highest BCUT2D eigenvalue weighted by molar-refractivity contribution is 7.98. The Morgan fingerprint density at radius 3 is 2.47 bits per heavy atom. The smallest absolute Gasteiger partial charge is 0.138 e. The molecule has 0 aromatic carbocycles. The van der Waals surface area contributed by atoms with Crippen LogP contribution in [0.25, 0.3) is 0 Å². The summed E-state index contributed by atoms with van der Waals surface area (Å²) in [7, 11) is 1.71. The number of aromatic nitrogens is 2. The van der Waals surface area contributed by atoms with Crippen LogP contribution in [0.2, 0.25) is 0 Å². The van der Waals surface area contributed by atoms with Crippen molar-refractivity contribution in [1.29, 1.82) is 0 Å². The zero-order valence-electron chi connectivity index (χ0n) is 12.5. The maximum absolute atomic E-state index is 5.02. The van der Waals surface area contributed by atoms with E-state index in [1.54, 1.807) is 7.11 Å². The van der Waals surface area contributed by atoms with Crippen LogP contribution >= 0.6 is 11.8 Å². The quantitative estimate of drug-likeness (QED) is 0.706. The van der Waals surface area contributed by atoms with Gasteiger partial charge in [-0.25, -0.2) is 9.97 Å². The van der Waals surface area contributed by atoms with E-state index < -0.39 is 0 Å². The van der Waals surface area contributed by atoms with Gasteiger partial charge in [-0.2, -0.15) is 11.8 Å². The molecule has 1 aromatic rings. The summed E-state index contributed by atoms with van der Waals surface area (Å²) < 4.78 is 5.02. The number of rotatable bonds is 9. The second kappa shape index (κ2) is 9.28. The van der Waals surface area contributed by atoms with Gasteiger partial charge in [0.1, 0.15) is 5.82 Å². The van der Waals surface area contributed by atoms with Gasteiger partial charge < -0.3 is 10.1 Å². The number of methoxy groups -OCH3 is 1. The molecule has 19 heavy (non-hydrogen) atoms. The average molecular weight is 283 g/mol. The minimum atomic E-state index is 0.727. The third kappa shape index (κ3) is 5.89. The SMILES string of the molecule is CCCSCc1nc(C)c(CNCCOC)c(C)n1. The Morgan fingerprint density at radius 2 is 1.89 bits per heavy atom. The zero-order chi connectivity index (χ0) is 14.1. The number of hydrogen-bond donors (Lipinski definition) is 1. The third-order valence-corrected chi connectivity index (χ3v) is 3.99. The highest BCUT2D eigenvalue weighted by Crippen LogP contribution is 2.14. The molecule has 4 nitrogen and oxygen atoms in total. The van der Waals surface area contributed by atoms with Gasteiger partial charge in [0.05, 0.1) is 12.4 Å². The van der Waals surface area contributed by atoms with Gasteiger partial charge in [0, 0.05) is 37.2 Å². The first-order valence-electron chi connectivity index (χ1n) is 6.79. The Balaban J connectivity index is 2.58. The Hall–Kier alpha value is -0.650. The zero-order valence-corrected chi connectivity index (χ0v) is 13.3. The number of nitrogens with zero attached hydrogens (tertiary/aromatic N) is 2. The van der Waals surface area contributed by atoms with Gasteiger partial charge in [0.2, 0.25) is 0 Å². The summed E-state index contributed by atoms with van der Waals surface area (Å²) in [5, 5.41) is 3.35. The molecule has 108 valence electrons. The monoisotopic (exact) mass is 283 g/mol. The van der Waals surface area contributed by atoms with Gasteiger partial charge in [-0.15, -0.1) is 0 Å². The van der Waals surface area contributed by atoms with Crippen LogP contribution in [0.3, 0.4) is 0 Å². The summed E-state index contributed by atoms with van der Waals surface area (Å²) in [6.07, 6.45) is 1.20. The molecule has 1 N–H and O–H groups in total. The van der Waals surface area contributed by atoms with Gasteiger partial charge in [0.25, 0.3) is 0 Å². The van der Waals surface area contributed by atoms with Crippen molar-refractivity contribution in [2.45, 2.75) is 39.5 Å². The first-order valence-corrected chi connectivity index (χ1v) is 7.94. The predicted molar refractivity (Wildman–Crippen MR) is 81.5 cm³/mol. The van der Waals surface area contributed by atoms with E-state index in [9.17, 15) is 0 Å². The molecule has 5 heteroatoms. The number of nitrogens with one attached hydrogen (secondary N) is 1. The third-order valence-electron chi connectivity index (χ3n) is 2.83. The highest BCUT2D eigenvalue weighted by Gasteiger charge is 2.08. The number of ether oxygens (including phenoxy) is 1. The lowest BCUT2D eigenvalue weighted by molar-refractivity contribution is 0.199. The van der Waals surface area contributed by atoms with Crippen LogP contribution in [0.5, 0.6) is 0 Å². The van der Waals surface area contributed by atoms with Crippen molar-refractivity contribution < 1.29 is 4.74 Å². The molecule has 0 aliphatic heterocycles. The van der Waals surface area contributed by atoms with E-state index in [4.69, 9.17) is 4.74 Å². The number of aryl methyl sites for hydroxylation is 2. The minimum absolute atomic E-state index is 0.727. The van der Waals surface area contributed by atoms with Crippen LogP contribution in [0, 0.1) is 13.8 Å². The first-order chi connectivity index (χ1) is 9.19. The fourth-order valence-electron chi connectivity index (χ4n) is 1.82. The molecule has 0 aliphatic carbocycles. The van der Waals surface area contributed by atoms with E-state index in [1.165, 1.54) is 17.7 Å². The Morgan fingerprint density at radius 1 is 1.21 bits per heavy atom. The van der Waals surface area contributed by atoms with Crippen LogP contribution in [-0.4, -0.2) is 36.0 Å². The van der Waals surface area contributed by atoms with Gasteiger partial charge >= 0.3 is 0 Å². The van der Waals surface area contributed by atoms with Crippen LogP contribution in [0.1, 0.15) is 36.1 Å². The number of hydrogen-bond acceptors (Lipinski definition) is 5. The molecule has 0 saturated carbocycles. The summed E-state index contributed by atoms with van der Waals surface area (Å²) in [5.41, 5.74) is 3.38. The maximum Gasteiger partial charge on any atom is 0.138 e. The topological polar surface area (TPSA) is 47.0 Å². The molecular weight excluding hydrogens is 258 g/mol. The van der Waals surface area contributed by atoms with Crippen LogP contribution in [0.4, 0.5) is 0 Å². The summed E-state index contributed by atoms with van der Waals surface area (Å²) in [5.74, 6) is 3.03. The normalized spacial score (nSPS) is 10.9. The predicted octanol–water partition coefficient (Wildman–Crippen LogP) is 2.47. The molecule has 0 saturated heterocycles. The maximum atomic E-state index is 5.02. The molecule has 0 spiro atoms. The van der Waals surface area contributed by atoms with Crippen molar-refractivity contribution in [3.63, 3.8) is 0 Å². The largest absolute Gasteiger partial charge is 0.383 e. The minimum Gasteiger partial charge on any atom is -0.383 e. The Bertz CT molecular complexity index is 362. The van der Waals surface area contributed by atoms with E-state index >= 15 is 0 Å². The molecule has 0 bridgehead atoms. The molecule has 1 heterocycles. The average Bonchev–Trinajstić information content (AvgIpc) is 2.37. The molecule has 0 atom stereocenters. The summed E-state index contributed by atoms with van der Waals surface area (Å²) in [4.78, 5) is 9.20. The highest BCUT2D eigenvalue weighted by atomic mass is 32.2. The second-order valence-electron chi connectivity index (χ2n) is 4.51. The van der Waals surface area contributed by atoms with Crippen LogP contribution < -0.4 is 5.32 Å². The van der Waals surface area contributed by atoms with E-state index in [0.717, 1.165) is 42.7 Å². The Kier molecular flexibility index (Phi) is 8.02. The van der Waals surface area contributed by atoms with Gasteiger partial charge in [-0.1, -0.05) is 6.92 Å². The Labute approximate surface area is 120 Å². The molecule has 0 radical (unpaired) electrons. The van der Waals surface area contributed by atoms with Crippen molar-refractivity contribution in [2.75, 3.05) is 26.0 Å². The van der Waals surface area contributed by atoms with Crippen molar-refractivity contribution in [3.8, 4) is 0 Å². The van der Waals surface area contributed by atoms with Gasteiger partial charge in [-0.3, -0.25) is 0 Å².